The lowest BCUT2D eigenvalue weighted by molar-refractivity contribution is -0.141. The number of amides is 2. The maximum Gasteiger partial charge on any atom is 0.243 e. The Labute approximate surface area is 210 Å². The third-order valence-electron chi connectivity index (χ3n) is 5.14. The van der Waals surface area contributed by atoms with Gasteiger partial charge in [-0.3, -0.25) is 9.59 Å². The fraction of sp³-hybridized carbons (Fsp3) is 0.417. The quantitative estimate of drug-likeness (QED) is 0.333. The lowest BCUT2D eigenvalue weighted by Crippen LogP contribution is -2.50. The summed E-state index contributed by atoms with van der Waals surface area (Å²) < 4.78 is 0. The molecule has 0 bridgehead atoms. The van der Waals surface area contributed by atoms with Crippen LogP contribution in [-0.2, 0) is 16.1 Å². The highest BCUT2D eigenvalue weighted by molar-refractivity contribution is 7.99. The molecule has 0 aromatic heterocycles. The third kappa shape index (κ3) is 8.18. The second-order valence-electron chi connectivity index (χ2n) is 7.55. The summed E-state index contributed by atoms with van der Waals surface area (Å²) in [5.74, 6) is 0.351. The Kier molecular flexibility index (Phi) is 11.2. The molecule has 2 aromatic rings. The molecule has 2 rings (SSSR count). The number of halogens is 3. The molecule has 4 nitrogen and oxygen atoms in total. The number of thioether (sulfide) groups is 1. The van der Waals surface area contributed by atoms with E-state index >= 15 is 0 Å². The first-order valence-corrected chi connectivity index (χ1v) is 12.8. The summed E-state index contributed by atoms with van der Waals surface area (Å²) in [4.78, 5) is 28.9. The molecular weight excluding hydrogens is 487 g/mol. The SMILES string of the molecule is CCC(C)NC(=O)C(CC)N(Cc1ccc(Cl)cc1Cl)C(=O)CCSc1ccc(Cl)cc1. The van der Waals surface area contributed by atoms with E-state index in [4.69, 9.17) is 34.8 Å². The molecule has 2 atom stereocenters. The summed E-state index contributed by atoms with van der Waals surface area (Å²) in [6.45, 7) is 6.12. The number of hydrogen-bond acceptors (Lipinski definition) is 3. The maximum absolute atomic E-state index is 13.3. The second kappa shape index (κ2) is 13.3. The van der Waals surface area contributed by atoms with E-state index in [1.807, 2.05) is 45.0 Å². The van der Waals surface area contributed by atoms with Gasteiger partial charge in [-0.1, -0.05) is 54.7 Å². The molecule has 8 heteroatoms. The molecule has 0 fully saturated rings. The van der Waals surface area contributed by atoms with Gasteiger partial charge in [0.25, 0.3) is 0 Å². The number of nitrogens with one attached hydrogen (secondary N) is 1. The molecule has 2 aromatic carbocycles. The van der Waals surface area contributed by atoms with Crippen LogP contribution in [-0.4, -0.2) is 34.6 Å². The predicted octanol–water partition coefficient (Wildman–Crippen LogP) is 6.85. The zero-order valence-electron chi connectivity index (χ0n) is 18.5. The van der Waals surface area contributed by atoms with Gasteiger partial charge in [0.1, 0.15) is 6.04 Å². The van der Waals surface area contributed by atoms with Crippen LogP contribution in [0.4, 0.5) is 0 Å². The first-order valence-electron chi connectivity index (χ1n) is 10.7. The lowest BCUT2D eigenvalue weighted by Gasteiger charge is -2.31. The standard InChI is InChI=1S/C24H29Cl3N2O2S/c1-4-16(3)28-24(31)22(5-2)29(15-17-6-7-19(26)14-21(17)27)23(30)12-13-32-20-10-8-18(25)9-11-20/h6-11,14,16,22H,4-5,12-13,15H2,1-3H3,(H,28,31). The van der Waals surface area contributed by atoms with Crippen LogP contribution in [0.25, 0.3) is 0 Å². The minimum atomic E-state index is -0.580. The van der Waals surface area contributed by atoms with Crippen molar-refractivity contribution in [1.29, 1.82) is 0 Å². The Balaban J connectivity index is 2.17. The van der Waals surface area contributed by atoms with Gasteiger partial charge in [-0.25, -0.2) is 0 Å². The molecule has 174 valence electrons. The number of hydrogen-bond donors (Lipinski definition) is 1. The normalized spacial score (nSPS) is 12.8. The van der Waals surface area contributed by atoms with Gasteiger partial charge >= 0.3 is 0 Å². The van der Waals surface area contributed by atoms with Gasteiger partial charge in [0.2, 0.25) is 11.8 Å². The van der Waals surface area contributed by atoms with Crippen LogP contribution in [0.1, 0.15) is 45.6 Å². The van der Waals surface area contributed by atoms with Crippen LogP contribution in [0.5, 0.6) is 0 Å². The van der Waals surface area contributed by atoms with Crippen LogP contribution in [0.15, 0.2) is 47.4 Å². The molecule has 0 aliphatic carbocycles. The van der Waals surface area contributed by atoms with Crippen molar-refractivity contribution in [3.8, 4) is 0 Å². The molecule has 0 heterocycles. The minimum absolute atomic E-state index is 0.0353. The van der Waals surface area contributed by atoms with Crippen molar-refractivity contribution in [3.63, 3.8) is 0 Å². The molecule has 0 aliphatic rings. The van der Waals surface area contributed by atoms with Crippen molar-refractivity contribution >= 4 is 58.4 Å². The van der Waals surface area contributed by atoms with Crippen LogP contribution in [0, 0.1) is 0 Å². The Hall–Kier alpha value is -1.40. The average molecular weight is 516 g/mol. The highest BCUT2D eigenvalue weighted by Gasteiger charge is 2.29. The van der Waals surface area contributed by atoms with E-state index in [2.05, 4.69) is 5.32 Å². The van der Waals surface area contributed by atoms with Crippen LogP contribution < -0.4 is 5.32 Å². The molecule has 1 N–H and O–H groups in total. The van der Waals surface area contributed by atoms with Crippen molar-refractivity contribution in [2.45, 2.75) is 63.6 Å². The lowest BCUT2D eigenvalue weighted by atomic mass is 10.1. The first-order chi connectivity index (χ1) is 15.2. The van der Waals surface area contributed by atoms with Crippen molar-refractivity contribution in [1.82, 2.24) is 10.2 Å². The number of carbonyl (C=O) groups is 2. The predicted molar refractivity (Wildman–Crippen MR) is 136 cm³/mol. The Morgan fingerprint density at radius 2 is 1.66 bits per heavy atom. The van der Waals surface area contributed by atoms with Gasteiger partial charge in [-0.15, -0.1) is 11.8 Å². The van der Waals surface area contributed by atoms with Gasteiger partial charge in [-0.2, -0.15) is 0 Å². The second-order valence-corrected chi connectivity index (χ2v) is 10.0. The van der Waals surface area contributed by atoms with Gasteiger partial charge < -0.3 is 10.2 Å². The minimum Gasteiger partial charge on any atom is -0.352 e. The van der Waals surface area contributed by atoms with Crippen LogP contribution >= 0.6 is 46.6 Å². The van der Waals surface area contributed by atoms with Gasteiger partial charge in [0, 0.05) is 44.7 Å². The summed E-state index contributed by atoms with van der Waals surface area (Å²) in [6, 6.07) is 12.2. The summed E-state index contributed by atoms with van der Waals surface area (Å²) in [6.07, 6.45) is 1.62. The van der Waals surface area contributed by atoms with E-state index in [0.717, 1.165) is 16.9 Å². The molecule has 0 saturated heterocycles. The molecule has 2 amide bonds. The van der Waals surface area contributed by atoms with E-state index < -0.39 is 6.04 Å². The van der Waals surface area contributed by atoms with E-state index in [1.54, 1.807) is 34.9 Å². The van der Waals surface area contributed by atoms with E-state index in [-0.39, 0.29) is 24.4 Å². The van der Waals surface area contributed by atoms with Gasteiger partial charge in [0.15, 0.2) is 0 Å². The Bertz CT molecular complexity index is 909. The highest BCUT2D eigenvalue weighted by atomic mass is 35.5. The molecular formula is C24H29Cl3N2O2S. The summed E-state index contributed by atoms with van der Waals surface area (Å²) in [7, 11) is 0. The summed E-state index contributed by atoms with van der Waals surface area (Å²) >= 11 is 19.9. The van der Waals surface area contributed by atoms with E-state index in [9.17, 15) is 9.59 Å². The summed E-state index contributed by atoms with van der Waals surface area (Å²) in [5.41, 5.74) is 0.754. The highest BCUT2D eigenvalue weighted by Crippen LogP contribution is 2.25. The van der Waals surface area contributed by atoms with Crippen molar-refractivity contribution in [2.75, 3.05) is 5.75 Å². The summed E-state index contributed by atoms with van der Waals surface area (Å²) in [5, 5.41) is 4.68. The molecule has 32 heavy (non-hydrogen) atoms. The van der Waals surface area contributed by atoms with Gasteiger partial charge in [0.05, 0.1) is 0 Å². The Morgan fingerprint density at radius 1 is 1.00 bits per heavy atom. The maximum atomic E-state index is 13.3. The zero-order chi connectivity index (χ0) is 23.7. The fourth-order valence-electron chi connectivity index (χ4n) is 3.12. The van der Waals surface area contributed by atoms with Crippen LogP contribution in [0.2, 0.25) is 15.1 Å². The topological polar surface area (TPSA) is 49.4 Å². The Morgan fingerprint density at radius 3 is 2.25 bits per heavy atom. The van der Waals surface area contributed by atoms with Crippen molar-refractivity contribution in [2.24, 2.45) is 0 Å². The van der Waals surface area contributed by atoms with Crippen LogP contribution in [0.3, 0.4) is 0 Å². The van der Waals surface area contributed by atoms with Gasteiger partial charge in [-0.05, 0) is 61.7 Å². The zero-order valence-corrected chi connectivity index (χ0v) is 21.6. The molecule has 0 spiro atoms. The number of nitrogens with zero attached hydrogens (tertiary/aromatic N) is 1. The van der Waals surface area contributed by atoms with Crippen molar-refractivity contribution in [3.05, 3.63) is 63.1 Å². The molecule has 0 aliphatic heterocycles. The smallest absolute Gasteiger partial charge is 0.243 e. The van der Waals surface area contributed by atoms with E-state index in [0.29, 0.717) is 33.7 Å². The van der Waals surface area contributed by atoms with Crippen molar-refractivity contribution < 1.29 is 9.59 Å². The average Bonchev–Trinajstić information content (AvgIpc) is 2.76. The molecule has 0 radical (unpaired) electrons. The third-order valence-corrected chi connectivity index (χ3v) is 6.99. The largest absolute Gasteiger partial charge is 0.352 e. The number of rotatable bonds is 11. The number of benzene rings is 2. The first kappa shape index (κ1) is 26.8. The number of carbonyl (C=O) groups excluding carboxylic acids is 2. The fourth-order valence-corrected chi connectivity index (χ4v) is 4.56. The molecule has 0 saturated carbocycles. The molecule has 2 unspecified atom stereocenters. The monoisotopic (exact) mass is 514 g/mol. The van der Waals surface area contributed by atoms with E-state index in [1.165, 1.54) is 0 Å².